The second-order valence-electron chi connectivity index (χ2n) is 9.96. The molecule has 0 aliphatic carbocycles. The molecule has 0 aliphatic heterocycles. The lowest BCUT2D eigenvalue weighted by Crippen LogP contribution is -2.37. The van der Waals surface area contributed by atoms with E-state index in [1.807, 2.05) is 19.1 Å². The molecule has 1 amide bonds. The molecule has 3 aromatic carbocycles. The van der Waals surface area contributed by atoms with E-state index in [1.54, 1.807) is 12.1 Å². The highest BCUT2D eigenvalue weighted by atomic mass is 19.1. The van der Waals surface area contributed by atoms with Crippen molar-refractivity contribution in [3.8, 4) is 0 Å². The maximum absolute atomic E-state index is 14.1. The topological polar surface area (TPSA) is 241 Å². The molecule has 0 spiro atoms. The number of ether oxygens (including phenoxy) is 1. The highest BCUT2D eigenvalue weighted by Gasteiger charge is 2.19. The third-order valence-corrected chi connectivity index (χ3v) is 6.74. The second kappa shape index (κ2) is 14.7. The van der Waals surface area contributed by atoms with E-state index in [-0.39, 0.29) is 66.5 Å². The molecule has 1 atom stereocenters. The van der Waals surface area contributed by atoms with Crippen LogP contribution in [0.1, 0.15) is 68.4 Å². The predicted molar refractivity (Wildman–Crippen MR) is 171 cm³/mol. The Balaban J connectivity index is 0.000000362. The summed E-state index contributed by atoms with van der Waals surface area (Å²) in [4.78, 5) is 73.1. The number of carbonyl (C=O) groups is 3. The zero-order chi connectivity index (χ0) is 33.7. The molecule has 0 bridgehead atoms. The van der Waals surface area contributed by atoms with Crippen molar-refractivity contribution in [2.75, 3.05) is 18.2 Å². The van der Waals surface area contributed by atoms with Gasteiger partial charge in [0.2, 0.25) is 0 Å². The number of benzene rings is 2. The lowest BCUT2D eigenvalue weighted by molar-refractivity contribution is 0.0599. The molecule has 2 heterocycles. The van der Waals surface area contributed by atoms with Gasteiger partial charge in [-0.05, 0) is 42.3 Å². The number of aromatic amines is 1. The number of hydrogen-bond acceptors (Lipinski definition) is 11. The van der Waals surface area contributed by atoms with Gasteiger partial charge in [-0.15, -0.1) is 0 Å². The third-order valence-electron chi connectivity index (χ3n) is 6.74. The lowest BCUT2D eigenvalue weighted by atomic mass is 10.1. The SMILES string of the molecule is C.COC(=O)c1ccc([C@@H](C)N)cc1.Nc1c(NCc2cc(CNC(=O)c3cc(C(=O)O)n4[nH]c(=O)cc4n3)ccc2F)c(=O)c1=O. The summed E-state index contributed by atoms with van der Waals surface area (Å²) in [6, 6.07) is 13.2. The minimum atomic E-state index is -1.37. The van der Waals surface area contributed by atoms with Crippen LogP contribution in [0, 0.1) is 5.82 Å². The van der Waals surface area contributed by atoms with E-state index in [2.05, 4.69) is 25.5 Å². The van der Waals surface area contributed by atoms with Crippen molar-refractivity contribution in [3.63, 3.8) is 0 Å². The van der Waals surface area contributed by atoms with Gasteiger partial charge in [0.15, 0.2) is 11.3 Å². The van der Waals surface area contributed by atoms with Gasteiger partial charge in [0.05, 0.1) is 12.7 Å². The number of nitrogens with zero attached hydrogens (tertiary/aromatic N) is 2. The van der Waals surface area contributed by atoms with Crippen LogP contribution < -0.4 is 38.5 Å². The number of anilines is 2. The fraction of sp³-hybridized carbons (Fsp3) is 0.194. The van der Waals surface area contributed by atoms with E-state index >= 15 is 0 Å². The van der Waals surface area contributed by atoms with E-state index in [4.69, 9.17) is 11.5 Å². The predicted octanol–water partition coefficient (Wildman–Crippen LogP) is 1.71. The van der Waals surface area contributed by atoms with Crippen molar-refractivity contribution in [2.45, 2.75) is 33.5 Å². The number of carboxylic acids is 1. The molecule has 15 nitrogen and oxygen atoms in total. The van der Waals surface area contributed by atoms with Crippen LogP contribution in [0.15, 0.2) is 69.0 Å². The van der Waals surface area contributed by atoms with Gasteiger partial charge in [0.25, 0.3) is 22.3 Å². The van der Waals surface area contributed by atoms with Gasteiger partial charge in [-0.25, -0.2) is 23.5 Å². The summed E-state index contributed by atoms with van der Waals surface area (Å²) >= 11 is 0. The summed E-state index contributed by atoms with van der Waals surface area (Å²) in [5.74, 6) is -2.99. The first-order valence-corrected chi connectivity index (χ1v) is 13.5. The molecule has 5 rings (SSSR count). The molecule has 8 N–H and O–H groups in total. The van der Waals surface area contributed by atoms with Gasteiger partial charge in [0, 0.05) is 36.8 Å². The number of esters is 1. The van der Waals surface area contributed by atoms with Crippen molar-refractivity contribution < 1.29 is 28.6 Å². The second-order valence-corrected chi connectivity index (χ2v) is 9.96. The number of amides is 1. The Bertz CT molecular complexity index is 2080. The molecule has 246 valence electrons. The Hall–Kier alpha value is -6.16. The Morgan fingerprint density at radius 1 is 1.04 bits per heavy atom. The van der Waals surface area contributed by atoms with Crippen LogP contribution in [-0.2, 0) is 17.8 Å². The summed E-state index contributed by atoms with van der Waals surface area (Å²) in [7, 11) is 1.36. The number of carboxylic acid groups (broad SMARTS) is 1. The fourth-order valence-corrected chi connectivity index (χ4v) is 4.23. The molecular formula is C31H32FN7O8. The fourth-order valence-electron chi connectivity index (χ4n) is 4.23. The Morgan fingerprint density at radius 2 is 1.72 bits per heavy atom. The van der Waals surface area contributed by atoms with Crippen LogP contribution in [0.5, 0.6) is 0 Å². The van der Waals surface area contributed by atoms with Crippen LogP contribution in [0.3, 0.4) is 0 Å². The largest absolute Gasteiger partial charge is 0.477 e. The minimum Gasteiger partial charge on any atom is -0.477 e. The molecule has 0 unspecified atom stereocenters. The summed E-state index contributed by atoms with van der Waals surface area (Å²) < 4.78 is 19.6. The lowest BCUT2D eigenvalue weighted by Gasteiger charge is -2.12. The smallest absolute Gasteiger partial charge is 0.354 e. The van der Waals surface area contributed by atoms with Gasteiger partial charge in [-0.2, -0.15) is 0 Å². The Morgan fingerprint density at radius 3 is 2.32 bits per heavy atom. The zero-order valence-corrected chi connectivity index (χ0v) is 24.4. The number of hydrogen-bond donors (Lipinski definition) is 6. The molecule has 16 heteroatoms. The molecule has 0 saturated carbocycles. The highest BCUT2D eigenvalue weighted by molar-refractivity contribution is 5.96. The average Bonchev–Trinajstić information content (AvgIpc) is 3.43. The van der Waals surface area contributed by atoms with Gasteiger partial charge >= 0.3 is 11.9 Å². The molecule has 0 fully saturated rings. The Kier molecular flexibility index (Phi) is 11.1. The van der Waals surface area contributed by atoms with E-state index in [1.165, 1.54) is 25.3 Å². The third kappa shape index (κ3) is 7.93. The number of aromatic nitrogens is 3. The molecule has 0 radical (unpaired) electrons. The van der Waals surface area contributed by atoms with Crippen molar-refractivity contribution in [1.29, 1.82) is 0 Å². The summed E-state index contributed by atoms with van der Waals surface area (Å²) in [6.45, 7) is 1.72. The zero-order valence-electron chi connectivity index (χ0n) is 24.4. The van der Waals surface area contributed by atoms with Crippen molar-refractivity contribution in [3.05, 3.63) is 125 Å². The molecule has 0 aliphatic rings. The van der Waals surface area contributed by atoms with E-state index in [9.17, 15) is 38.3 Å². The first-order chi connectivity index (χ1) is 21.8. The molecular weight excluding hydrogens is 617 g/mol. The van der Waals surface area contributed by atoms with Gasteiger partial charge < -0.3 is 31.9 Å². The van der Waals surface area contributed by atoms with E-state index in [0.29, 0.717) is 11.1 Å². The standard InChI is InChI=1S/C20H15FN6O6.C10H13NO2.CH4/c21-10-2-1-8(3-9(10)7-23-16-15(22)17(29)18(16)30)6-24-19(31)11-4-12(20(32)33)27-13(25-11)5-14(28)26-27;1-7(11)8-3-5-9(6-4-8)10(12)13-2;/h1-5,23H,6-7,22H2,(H,24,31)(H,26,28)(H,32,33);3-7H,11H2,1-2H3;1H4/t;7-;/m.1./s1. The van der Waals surface area contributed by atoms with Crippen LogP contribution in [0.25, 0.3) is 5.65 Å². The number of fused-ring (bicyclic) bond motifs is 1. The number of rotatable bonds is 9. The Labute approximate surface area is 265 Å². The first-order valence-electron chi connectivity index (χ1n) is 13.5. The highest BCUT2D eigenvalue weighted by Crippen LogP contribution is 2.16. The number of methoxy groups -OCH3 is 1. The quantitative estimate of drug-likeness (QED) is 0.0988. The minimum absolute atomic E-state index is 0. The van der Waals surface area contributed by atoms with E-state index in [0.717, 1.165) is 22.2 Å². The van der Waals surface area contributed by atoms with Gasteiger partial charge in [-0.3, -0.25) is 24.3 Å². The number of nitrogen functional groups attached to an aromatic ring is 1. The van der Waals surface area contributed by atoms with Crippen LogP contribution >= 0.6 is 0 Å². The number of H-pyrrole nitrogens is 1. The van der Waals surface area contributed by atoms with Crippen LogP contribution in [0.2, 0.25) is 0 Å². The summed E-state index contributed by atoms with van der Waals surface area (Å²) in [5.41, 5.74) is 10.2. The maximum atomic E-state index is 14.1. The summed E-state index contributed by atoms with van der Waals surface area (Å²) in [5, 5.41) is 16.8. The van der Waals surface area contributed by atoms with E-state index < -0.39 is 34.1 Å². The molecule has 5 aromatic rings. The normalized spacial score (nSPS) is 11.1. The monoisotopic (exact) mass is 649 g/mol. The number of nitrogens with two attached hydrogens (primary N) is 2. The summed E-state index contributed by atoms with van der Waals surface area (Å²) in [6.07, 6.45) is 0. The number of aromatic carboxylic acids is 1. The van der Waals surface area contributed by atoms with Gasteiger partial charge in [-0.1, -0.05) is 25.6 Å². The number of nitrogens with one attached hydrogen (secondary N) is 3. The average molecular weight is 650 g/mol. The van der Waals surface area contributed by atoms with Crippen molar-refractivity contribution >= 4 is 34.9 Å². The number of carbonyl (C=O) groups excluding carboxylic acids is 2. The molecule has 47 heavy (non-hydrogen) atoms. The van der Waals surface area contributed by atoms with Crippen LogP contribution in [-0.4, -0.2) is 44.7 Å². The van der Waals surface area contributed by atoms with Crippen molar-refractivity contribution in [2.24, 2.45) is 5.73 Å². The first kappa shape index (κ1) is 35.3. The van der Waals surface area contributed by atoms with Gasteiger partial charge in [0.1, 0.15) is 22.9 Å². The molecule has 2 aromatic heterocycles. The molecule has 0 saturated heterocycles. The maximum Gasteiger partial charge on any atom is 0.354 e. The van der Waals surface area contributed by atoms with Crippen molar-refractivity contribution in [1.82, 2.24) is 19.9 Å². The number of halogens is 1. The van der Waals surface area contributed by atoms with Crippen LogP contribution in [0.4, 0.5) is 15.8 Å².